The molecule has 1 N–H and O–H groups in total. The zero-order valence-corrected chi connectivity index (χ0v) is 15.9. The van der Waals surface area contributed by atoms with Crippen molar-refractivity contribution in [1.82, 2.24) is 24.9 Å². The van der Waals surface area contributed by atoms with Gasteiger partial charge in [0.2, 0.25) is 5.95 Å². The summed E-state index contributed by atoms with van der Waals surface area (Å²) in [6.45, 7) is 2.85. The molecule has 5 rings (SSSR count). The predicted molar refractivity (Wildman–Crippen MR) is 110 cm³/mol. The topological polar surface area (TPSA) is 89.0 Å². The molecule has 1 saturated heterocycles. The Hall–Kier alpha value is -3.72. The average molecular weight is 402 g/mol. The second-order valence-corrected chi connectivity index (χ2v) is 6.69. The molecule has 9 heteroatoms. The fraction of sp³-hybridized carbons (Fsp3) is 0.190. The Labute approximate surface area is 171 Å². The lowest BCUT2D eigenvalue weighted by Crippen LogP contribution is -2.36. The molecule has 1 aromatic carbocycles. The standard InChI is InChI=1S/C21H17FN7O/c22-15-12-25-21(27-18-3-1-2-6-23-18)28-20(15)14-4-5-16-17(11-14)26-19(13-24-16)29-7-9-30-10-8-29/h1,3-6,11-13H,7-10H2,(H,23,25,27,28). The van der Waals surface area contributed by atoms with Crippen LogP contribution < -0.4 is 10.2 Å². The van der Waals surface area contributed by atoms with Gasteiger partial charge in [-0.1, -0.05) is 6.07 Å². The molecule has 0 atom stereocenters. The van der Waals surface area contributed by atoms with Gasteiger partial charge in [-0.2, -0.15) is 0 Å². The molecule has 149 valence electrons. The minimum Gasteiger partial charge on any atom is -0.378 e. The average Bonchev–Trinajstić information content (AvgIpc) is 2.81. The number of benzene rings is 1. The van der Waals surface area contributed by atoms with E-state index in [2.05, 4.69) is 36.2 Å². The maximum absolute atomic E-state index is 14.5. The Morgan fingerprint density at radius 3 is 2.73 bits per heavy atom. The van der Waals surface area contributed by atoms with Gasteiger partial charge in [0.15, 0.2) is 5.82 Å². The molecule has 0 spiro atoms. The van der Waals surface area contributed by atoms with Crippen LogP contribution in [0, 0.1) is 11.9 Å². The lowest BCUT2D eigenvalue weighted by molar-refractivity contribution is 0.122. The van der Waals surface area contributed by atoms with Crippen molar-refractivity contribution in [3.63, 3.8) is 0 Å². The van der Waals surface area contributed by atoms with Gasteiger partial charge in [0, 0.05) is 30.9 Å². The Balaban J connectivity index is 1.49. The van der Waals surface area contributed by atoms with Gasteiger partial charge in [0.1, 0.15) is 17.3 Å². The van der Waals surface area contributed by atoms with Crippen LogP contribution >= 0.6 is 0 Å². The highest BCUT2D eigenvalue weighted by Crippen LogP contribution is 2.26. The SMILES string of the molecule is Fc1cnc(Nc2cc[c]cn2)nc1-c1ccc2ncc(N3CCOCC3)nc2c1. The molecule has 0 aliphatic carbocycles. The van der Waals surface area contributed by atoms with Crippen LogP contribution in [0.25, 0.3) is 22.3 Å². The fourth-order valence-electron chi connectivity index (χ4n) is 3.23. The number of hydrogen-bond acceptors (Lipinski definition) is 8. The van der Waals surface area contributed by atoms with Crippen molar-refractivity contribution in [3.05, 3.63) is 60.8 Å². The molecule has 30 heavy (non-hydrogen) atoms. The number of aromatic nitrogens is 5. The summed E-state index contributed by atoms with van der Waals surface area (Å²) in [6.07, 6.45) is 4.42. The largest absolute Gasteiger partial charge is 0.378 e. The van der Waals surface area contributed by atoms with Gasteiger partial charge >= 0.3 is 0 Å². The first-order valence-corrected chi connectivity index (χ1v) is 9.48. The maximum atomic E-state index is 14.5. The second-order valence-electron chi connectivity index (χ2n) is 6.69. The summed E-state index contributed by atoms with van der Waals surface area (Å²) < 4.78 is 19.9. The second kappa shape index (κ2) is 7.96. The number of ether oxygens (including phenoxy) is 1. The van der Waals surface area contributed by atoms with E-state index in [4.69, 9.17) is 9.72 Å². The van der Waals surface area contributed by atoms with E-state index in [1.54, 1.807) is 30.5 Å². The van der Waals surface area contributed by atoms with Crippen LogP contribution in [0.15, 0.2) is 48.9 Å². The minimum atomic E-state index is -0.522. The first kappa shape index (κ1) is 18.3. The summed E-state index contributed by atoms with van der Waals surface area (Å²) in [7, 11) is 0. The lowest BCUT2D eigenvalue weighted by atomic mass is 10.1. The van der Waals surface area contributed by atoms with Crippen molar-refractivity contribution in [3.8, 4) is 11.3 Å². The number of halogens is 1. The zero-order chi connectivity index (χ0) is 20.3. The highest BCUT2D eigenvalue weighted by molar-refractivity contribution is 5.81. The van der Waals surface area contributed by atoms with E-state index in [-0.39, 0.29) is 11.6 Å². The predicted octanol–water partition coefficient (Wildman–Crippen LogP) is 3.00. The molecule has 0 unspecified atom stereocenters. The Morgan fingerprint density at radius 2 is 1.90 bits per heavy atom. The van der Waals surface area contributed by atoms with Gasteiger partial charge in [-0.3, -0.25) is 4.98 Å². The minimum absolute atomic E-state index is 0.176. The molecule has 1 aliphatic rings. The third-order valence-electron chi connectivity index (χ3n) is 4.74. The fourth-order valence-corrected chi connectivity index (χ4v) is 3.23. The zero-order valence-electron chi connectivity index (χ0n) is 15.9. The molecular formula is C21H17FN7O. The van der Waals surface area contributed by atoms with Crippen molar-refractivity contribution < 1.29 is 9.13 Å². The lowest BCUT2D eigenvalue weighted by Gasteiger charge is -2.27. The van der Waals surface area contributed by atoms with Crippen molar-refractivity contribution in [2.45, 2.75) is 0 Å². The van der Waals surface area contributed by atoms with Gasteiger partial charge in [0.25, 0.3) is 0 Å². The van der Waals surface area contributed by atoms with Crippen molar-refractivity contribution >= 4 is 28.6 Å². The number of anilines is 3. The molecule has 4 heterocycles. The number of fused-ring (bicyclic) bond motifs is 1. The highest BCUT2D eigenvalue weighted by Gasteiger charge is 2.15. The van der Waals surface area contributed by atoms with E-state index in [9.17, 15) is 4.39 Å². The van der Waals surface area contributed by atoms with Crippen LogP contribution in [0.5, 0.6) is 0 Å². The third-order valence-corrected chi connectivity index (χ3v) is 4.74. The van der Waals surface area contributed by atoms with E-state index in [0.29, 0.717) is 30.1 Å². The van der Waals surface area contributed by atoms with E-state index in [0.717, 1.165) is 30.6 Å². The first-order chi connectivity index (χ1) is 14.8. The van der Waals surface area contributed by atoms with E-state index in [1.165, 1.54) is 6.20 Å². The third kappa shape index (κ3) is 3.74. The van der Waals surface area contributed by atoms with Gasteiger partial charge < -0.3 is 15.0 Å². The van der Waals surface area contributed by atoms with Crippen LogP contribution in [-0.4, -0.2) is 51.2 Å². The molecular weight excluding hydrogens is 385 g/mol. The molecule has 0 amide bonds. The van der Waals surface area contributed by atoms with Crippen LogP contribution in [0.4, 0.5) is 22.0 Å². The molecule has 3 aromatic heterocycles. The van der Waals surface area contributed by atoms with Crippen LogP contribution in [0.1, 0.15) is 0 Å². The number of rotatable bonds is 4. The van der Waals surface area contributed by atoms with E-state index < -0.39 is 5.82 Å². The van der Waals surface area contributed by atoms with Crippen molar-refractivity contribution in [2.75, 3.05) is 36.5 Å². The summed E-state index contributed by atoms with van der Waals surface area (Å²) in [5.74, 6) is 1.05. The monoisotopic (exact) mass is 402 g/mol. The summed E-state index contributed by atoms with van der Waals surface area (Å²) in [5.41, 5.74) is 2.17. The van der Waals surface area contributed by atoms with Gasteiger partial charge in [-0.15, -0.1) is 0 Å². The summed E-state index contributed by atoms with van der Waals surface area (Å²) in [6, 6.07) is 11.7. The smallest absolute Gasteiger partial charge is 0.229 e. The molecule has 1 fully saturated rings. The molecule has 4 aromatic rings. The van der Waals surface area contributed by atoms with Crippen molar-refractivity contribution in [1.29, 1.82) is 0 Å². The quantitative estimate of drug-likeness (QED) is 0.557. The summed E-state index contributed by atoms with van der Waals surface area (Å²) >= 11 is 0. The molecule has 8 nitrogen and oxygen atoms in total. The Kier molecular flexibility index (Phi) is 4.86. The Morgan fingerprint density at radius 1 is 1.00 bits per heavy atom. The molecule has 0 bridgehead atoms. The van der Waals surface area contributed by atoms with E-state index in [1.807, 2.05) is 6.07 Å². The number of hydrogen-bond donors (Lipinski definition) is 1. The maximum Gasteiger partial charge on any atom is 0.229 e. The van der Waals surface area contributed by atoms with Crippen LogP contribution in [0.3, 0.4) is 0 Å². The van der Waals surface area contributed by atoms with Crippen LogP contribution in [0.2, 0.25) is 0 Å². The van der Waals surface area contributed by atoms with Gasteiger partial charge in [-0.05, 0) is 24.3 Å². The van der Waals surface area contributed by atoms with Gasteiger partial charge in [0.05, 0.1) is 36.6 Å². The Bertz CT molecular complexity index is 1180. The number of morpholine rings is 1. The molecule has 0 saturated carbocycles. The summed E-state index contributed by atoms with van der Waals surface area (Å²) in [4.78, 5) is 23.8. The van der Waals surface area contributed by atoms with E-state index >= 15 is 0 Å². The van der Waals surface area contributed by atoms with Crippen LogP contribution in [-0.2, 0) is 4.74 Å². The first-order valence-electron chi connectivity index (χ1n) is 9.48. The molecule has 1 radical (unpaired) electrons. The summed E-state index contributed by atoms with van der Waals surface area (Å²) in [5, 5.41) is 2.96. The molecule has 1 aliphatic heterocycles. The number of pyridine rings is 1. The van der Waals surface area contributed by atoms with Crippen molar-refractivity contribution in [2.24, 2.45) is 0 Å². The highest BCUT2D eigenvalue weighted by atomic mass is 19.1. The number of nitrogens with one attached hydrogen (secondary N) is 1. The van der Waals surface area contributed by atoms with Gasteiger partial charge in [-0.25, -0.2) is 24.3 Å². The normalized spacial score (nSPS) is 14.1. The number of nitrogens with zero attached hydrogens (tertiary/aromatic N) is 6.